The van der Waals surface area contributed by atoms with Gasteiger partial charge in [-0.3, -0.25) is 4.79 Å². The number of carbonyl (C=O) groups is 1. The molecule has 0 saturated heterocycles. The topological polar surface area (TPSA) is 34.0 Å². The van der Waals surface area contributed by atoms with Crippen molar-refractivity contribution in [2.45, 2.75) is 6.92 Å². The number of aromatic nitrogens is 1. The van der Waals surface area contributed by atoms with Gasteiger partial charge in [0, 0.05) is 28.1 Å². The molecule has 2 aromatic carbocycles. The SMILES string of the molecule is Cc1ccc(C(=O)Nc2ccc(Br)cc2F)cc1-n1cccc1. The first kappa shape index (κ1) is 15.5. The maximum atomic E-state index is 13.8. The van der Waals surface area contributed by atoms with Crippen molar-refractivity contribution in [2.75, 3.05) is 5.32 Å². The Hall–Kier alpha value is -2.40. The van der Waals surface area contributed by atoms with Gasteiger partial charge in [0.25, 0.3) is 5.91 Å². The van der Waals surface area contributed by atoms with E-state index in [1.807, 2.05) is 42.1 Å². The van der Waals surface area contributed by atoms with Gasteiger partial charge in [-0.1, -0.05) is 22.0 Å². The molecule has 0 spiro atoms. The van der Waals surface area contributed by atoms with Crippen LogP contribution in [-0.4, -0.2) is 10.5 Å². The number of rotatable bonds is 3. The van der Waals surface area contributed by atoms with Crippen molar-refractivity contribution < 1.29 is 9.18 Å². The highest BCUT2D eigenvalue weighted by molar-refractivity contribution is 9.10. The van der Waals surface area contributed by atoms with E-state index in [2.05, 4.69) is 21.2 Å². The van der Waals surface area contributed by atoms with Gasteiger partial charge in [-0.05, 0) is 55.0 Å². The van der Waals surface area contributed by atoms with Crippen molar-refractivity contribution in [1.29, 1.82) is 0 Å². The van der Waals surface area contributed by atoms with Gasteiger partial charge in [0.2, 0.25) is 0 Å². The van der Waals surface area contributed by atoms with Crippen LogP contribution in [0.1, 0.15) is 15.9 Å². The van der Waals surface area contributed by atoms with Crippen molar-refractivity contribution in [3.05, 3.63) is 82.3 Å². The summed E-state index contributed by atoms with van der Waals surface area (Å²) >= 11 is 3.19. The van der Waals surface area contributed by atoms with Gasteiger partial charge in [-0.2, -0.15) is 0 Å². The number of halogens is 2. The minimum atomic E-state index is -0.481. The van der Waals surface area contributed by atoms with Crippen LogP contribution < -0.4 is 5.32 Å². The molecule has 0 fully saturated rings. The van der Waals surface area contributed by atoms with Gasteiger partial charge >= 0.3 is 0 Å². The van der Waals surface area contributed by atoms with Gasteiger partial charge in [0.1, 0.15) is 5.82 Å². The molecule has 0 saturated carbocycles. The van der Waals surface area contributed by atoms with E-state index in [9.17, 15) is 9.18 Å². The van der Waals surface area contributed by atoms with Crippen molar-refractivity contribution in [3.8, 4) is 5.69 Å². The van der Waals surface area contributed by atoms with Crippen molar-refractivity contribution >= 4 is 27.5 Å². The average molecular weight is 373 g/mol. The third-order valence-electron chi connectivity index (χ3n) is 3.53. The molecule has 116 valence electrons. The zero-order valence-electron chi connectivity index (χ0n) is 12.4. The Kier molecular flexibility index (Phi) is 4.30. The molecule has 0 aliphatic carbocycles. The molecule has 1 aromatic heterocycles. The van der Waals surface area contributed by atoms with Gasteiger partial charge in [0.15, 0.2) is 0 Å². The van der Waals surface area contributed by atoms with Crippen LogP contribution in [0.3, 0.4) is 0 Å². The zero-order chi connectivity index (χ0) is 16.4. The van der Waals surface area contributed by atoms with E-state index in [0.717, 1.165) is 11.3 Å². The van der Waals surface area contributed by atoms with Gasteiger partial charge in [-0.15, -0.1) is 0 Å². The number of carbonyl (C=O) groups excluding carboxylic acids is 1. The predicted molar refractivity (Wildman–Crippen MR) is 92.6 cm³/mol. The lowest BCUT2D eigenvalue weighted by Gasteiger charge is -2.11. The normalized spacial score (nSPS) is 10.6. The lowest BCUT2D eigenvalue weighted by Crippen LogP contribution is -2.13. The van der Waals surface area contributed by atoms with E-state index >= 15 is 0 Å². The molecule has 0 aliphatic heterocycles. The summed E-state index contributed by atoms with van der Waals surface area (Å²) in [5.74, 6) is -0.829. The zero-order valence-corrected chi connectivity index (χ0v) is 14.0. The monoisotopic (exact) mass is 372 g/mol. The van der Waals surface area contributed by atoms with Gasteiger partial charge < -0.3 is 9.88 Å². The molecule has 3 rings (SSSR count). The fourth-order valence-corrected chi connectivity index (χ4v) is 2.64. The highest BCUT2D eigenvalue weighted by Crippen LogP contribution is 2.21. The summed E-state index contributed by atoms with van der Waals surface area (Å²) in [6.45, 7) is 1.98. The summed E-state index contributed by atoms with van der Waals surface area (Å²) < 4.78 is 16.4. The Morgan fingerprint density at radius 2 is 1.87 bits per heavy atom. The van der Waals surface area contributed by atoms with E-state index in [-0.39, 0.29) is 11.6 Å². The third-order valence-corrected chi connectivity index (χ3v) is 4.03. The Morgan fingerprint density at radius 1 is 1.13 bits per heavy atom. The first-order valence-electron chi connectivity index (χ1n) is 7.05. The van der Waals surface area contributed by atoms with Crippen molar-refractivity contribution in [1.82, 2.24) is 4.57 Å². The number of nitrogens with one attached hydrogen (secondary N) is 1. The maximum absolute atomic E-state index is 13.8. The molecule has 5 heteroatoms. The molecular formula is C18H14BrFN2O. The first-order valence-corrected chi connectivity index (χ1v) is 7.84. The van der Waals surface area contributed by atoms with E-state index in [0.29, 0.717) is 10.0 Å². The van der Waals surface area contributed by atoms with E-state index in [1.165, 1.54) is 12.1 Å². The summed E-state index contributed by atoms with van der Waals surface area (Å²) in [7, 11) is 0. The van der Waals surface area contributed by atoms with Crippen LogP contribution in [0.15, 0.2) is 65.4 Å². The number of hydrogen-bond donors (Lipinski definition) is 1. The Labute approximate surface area is 141 Å². The second-order valence-electron chi connectivity index (χ2n) is 5.17. The number of hydrogen-bond acceptors (Lipinski definition) is 1. The minimum absolute atomic E-state index is 0.154. The molecule has 1 amide bonds. The molecule has 0 unspecified atom stereocenters. The number of amides is 1. The number of anilines is 1. The fraction of sp³-hybridized carbons (Fsp3) is 0.0556. The van der Waals surface area contributed by atoms with E-state index in [4.69, 9.17) is 0 Å². The Bertz CT molecular complexity index is 859. The Balaban J connectivity index is 1.89. The Morgan fingerprint density at radius 3 is 2.57 bits per heavy atom. The molecule has 0 aliphatic rings. The molecule has 1 heterocycles. The quantitative estimate of drug-likeness (QED) is 0.693. The second-order valence-corrected chi connectivity index (χ2v) is 6.09. The molecule has 3 aromatic rings. The van der Waals surface area contributed by atoms with Gasteiger partial charge in [-0.25, -0.2) is 4.39 Å². The highest BCUT2D eigenvalue weighted by atomic mass is 79.9. The van der Waals surface area contributed by atoms with Crippen molar-refractivity contribution in [3.63, 3.8) is 0 Å². The van der Waals surface area contributed by atoms with E-state index in [1.54, 1.807) is 18.2 Å². The van der Waals surface area contributed by atoms with Gasteiger partial charge in [0.05, 0.1) is 5.69 Å². The first-order chi connectivity index (χ1) is 11.0. The second kappa shape index (κ2) is 6.38. The largest absolute Gasteiger partial charge is 0.324 e. The van der Waals surface area contributed by atoms with Crippen LogP contribution in [-0.2, 0) is 0 Å². The van der Waals surface area contributed by atoms with E-state index < -0.39 is 5.82 Å². The maximum Gasteiger partial charge on any atom is 0.255 e. The summed E-state index contributed by atoms with van der Waals surface area (Å²) in [4.78, 5) is 12.4. The van der Waals surface area contributed by atoms with Crippen LogP contribution >= 0.6 is 15.9 Å². The number of benzene rings is 2. The summed E-state index contributed by atoms with van der Waals surface area (Å²) in [5, 5.41) is 2.60. The average Bonchev–Trinajstić information content (AvgIpc) is 3.04. The minimum Gasteiger partial charge on any atom is -0.324 e. The number of aryl methyl sites for hydroxylation is 1. The molecule has 0 radical (unpaired) electrons. The lowest BCUT2D eigenvalue weighted by molar-refractivity contribution is 0.102. The molecule has 0 atom stereocenters. The standard InChI is InChI=1S/C18H14BrFN2O/c1-12-4-5-13(10-17(12)22-8-2-3-9-22)18(23)21-16-7-6-14(19)11-15(16)20/h2-11H,1H3,(H,21,23). The molecule has 1 N–H and O–H groups in total. The smallest absolute Gasteiger partial charge is 0.255 e. The van der Waals surface area contributed by atoms with Crippen LogP contribution in [0.2, 0.25) is 0 Å². The van der Waals surface area contributed by atoms with Crippen LogP contribution in [0.4, 0.5) is 10.1 Å². The molecular weight excluding hydrogens is 359 g/mol. The van der Waals surface area contributed by atoms with Crippen molar-refractivity contribution in [2.24, 2.45) is 0 Å². The van der Waals surface area contributed by atoms with Crippen LogP contribution in [0.25, 0.3) is 5.69 Å². The summed E-state index contributed by atoms with van der Waals surface area (Å²) in [6.07, 6.45) is 3.83. The van der Waals surface area contributed by atoms with Crippen LogP contribution in [0, 0.1) is 12.7 Å². The third kappa shape index (κ3) is 3.35. The summed E-state index contributed by atoms with van der Waals surface area (Å²) in [6, 6.07) is 13.8. The van der Waals surface area contributed by atoms with Crippen LogP contribution in [0.5, 0.6) is 0 Å². The number of nitrogens with zero attached hydrogens (tertiary/aromatic N) is 1. The lowest BCUT2D eigenvalue weighted by atomic mass is 10.1. The molecule has 0 bridgehead atoms. The predicted octanol–water partition coefficient (Wildman–Crippen LogP) is 4.94. The highest BCUT2D eigenvalue weighted by Gasteiger charge is 2.12. The summed E-state index contributed by atoms with van der Waals surface area (Å²) in [5.41, 5.74) is 2.59. The molecule has 23 heavy (non-hydrogen) atoms. The fourth-order valence-electron chi connectivity index (χ4n) is 2.31. The molecule has 3 nitrogen and oxygen atoms in total.